The van der Waals surface area contributed by atoms with Crippen LogP contribution < -0.4 is 10.2 Å². The minimum Gasteiger partial charge on any atom is -0.346 e. The Kier molecular flexibility index (Phi) is 5.81. The molecule has 114 valence electrons. The molecule has 1 N–H and O–H groups in total. The Bertz CT molecular complexity index is 408. The van der Waals surface area contributed by atoms with E-state index >= 15 is 0 Å². The molecule has 0 radical (unpaired) electrons. The minimum absolute atomic E-state index is 0.760. The van der Waals surface area contributed by atoms with E-state index in [0.29, 0.717) is 0 Å². The zero-order valence-electron chi connectivity index (χ0n) is 13.3. The maximum absolute atomic E-state index is 4.84. The third-order valence-electron chi connectivity index (χ3n) is 3.71. The van der Waals surface area contributed by atoms with E-state index in [0.717, 1.165) is 32.0 Å². The molecule has 4 nitrogen and oxygen atoms in total. The number of thiazole rings is 1. The van der Waals surface area contributed by atoms with Gasteiger partial charge in [-0.25, -0.2) is 4.98 Å². The molecule has 0 unspecified atom stereocenters. The summed E-state index contributed by atoms with van der Waals surface area (Å²) >= 11 is 1.86. The Hall–Kier alpha value is -0.650. The fourth-order valence-electron chi connectivity index (χ4n) is 2.72. The Morgan fingerprint density at radius 1 is 1.25 bits per heavy atom. The second kappa shape index (κ2) is 7.38. The lowest BCUT2D eigenvalue weighted by molar-refractivity contribution is 0.231. The van der Waals surface area contributed by atoms with Gasteiger partial charge in [-0.15, -0.1) is 11.3 Å². The molecular weight excluding hydrogens is 268 g/mol. The lowest BCUT2D eigenvalue weighted by atomic mass is 10.2. The summed E-state index contributed by atoms with van der Waals surface area (Å²) in [7, 11) is 2.00. The van der Waals surface area contributed by atoms with Crippen molar-refractivity contribution >= 4 is 16.5 Å². The van der Waals surface area contributed by atoms with Crippen LogP contribution in [0.3, 0.4) is 0 Å². The number of nitrogens with one attached hydrogen (secondary N) is 1. The summed E-state index contributed by atoms with van der Waals surface area (Å²) in [5, 5.41) is 4.47. The summed E-state index contributed by atoms with van der Waals surface area (Å²) in [4.78, 5) is 11.3. The van der Waals surface area contributed by atoms with Crippen LogP contribution in [0.5, 0.6) is 0 Å². The van der Waals surface area contributed by atoms with Crippen molar-refractivity contribution in [2.24, 2.45) is 5.92 Å². The van der Waals surface area contributed by atoms with Gasteiger partial charge in [-0.2, -0.15) is 0 Å². The van der Waals surface area contributed by atoms with Gasteiger partial charge < -0.3 is 10.2 Å². The molecule has 1 aromatic rings. The monoisotopic (exact) mass is 296 g/mol. The number of aromatic nitrogens is 1. The van der Waals surface area contributed by atoms with E-state index in [2.05, 4.69) is 35.9 Å². The van der Waals surface area contributed by atoms with E-state index in [-0.39, 0.29) is 0 Å². The molecule has 0 amide bonds. The van der Waals surface area contributed by atoms with Gasteiger partial charge in [0.05, 0.1) is 5.69 Å². The zero-order valence-corrected chi connectivity index (χ0v) is 14.1. The highest BCUT2D eigenvalue weighted by Crippen LogP contribution is 2.27. The number of hydrogen-bond donors (Lipinski definition) is 1. The molecule has 1 fully saturated rings. The Labute approximate surface area is 127 Å². The Balaban J connectivity index is 1.96. The van der Waals surface area contributed by atoms with Gasteiger partial charge in [-0.05, 0) is 19.4 Å². The van der Waals surface area contributed by atoms with E-state index in [1.165, 1.54) is 35.3 Å². The van der Waals surface area contributed by atoms with Gasteiger partial charge in [0.25, 0.3) is 0 Å². The van der Waals surface area contributed by atoms with Crippen molar-refractivity contribution in [2.75, 3.05) is 44.7 Å². The summed E-state index contributed by atoms with van der Waals surface area (Å²) in [6, 6.07) is 0. The van der Waals surface area contributed by atoms with E-state index in [9.17, 15) is 0 Å². The van der Waals surface area contributed by atoms with E-state index in [1.807, 2.05) is 18.4 Å². The van der Waals surface area contributed by atoms with Crippen LogP contribution in [0.2, 0.25) is 0 Å². The van der Waals surface area contributed by atoms with Crippen LogP contribution in [0, 0.1) is 5.92 Å². The van der Waals surface area contributed by atoms with Gasteiger partial charge in [0, 0.05) is 44.1 Å². The van der Waals surface area contributed by atoms with E-state index in [1.54, 1.807) is 0 Å². The molecule has 0 atom stereocenters. The predicted molar refractivity (Wildman–Crippen MR) is 87.7 cm³/mol. The second-order valence-corrected chi connectivity index (χ2v) is 6.99. The largest absolute Gasteiger partial charge is 0.346 e. The topological polar surface area (TPSA) is 31.4 Å². The smallest absolute Gasteiger partial charge is 0.185 e. The van der Waals surface area contributed by atoms with Crippen LogP contribution in [0.1, 0.15) is 31.3 Å². The first-order chi connectivity index (χ1) is 9.63. The molecule has 1 aliphatic heterocycles. The van der Waals surface area contributed by atoms with Crippen molar-refractivity contribution in [1.29, 1.82) is 0 Å². The molecule has 0 aromatic carbocycles. The normalized spacial score (nSPS) is 17.1. The molecule has 20 heavy (non-hydrogen) atoms. The van der Waals surface area contributed by atoms with Gasteiger partial charge >= 0.3 is 0 Å². The fraction of sp³-hybridized carbons (Fsp3) is 0.800. The number of hydrogen-bond acceptors (Lipinski definition) is 5. The predicted octanol–water partition coefficient (Wildman–Crippen LogP) is 2.20. The molecule has 2 rings (SSSR count). The fourth-order valence-corrected chi connectivity index (χ4v) is 3.93. The van der Waals surface area contributed by atoms with Crippen LogP contribution in [-0.4, -0.2) is 49.7 Å². The van der Waals surface area contributed by atoms with Gasteiger partial charge in [-0.1, -0.05) is 20.8 Å². The average Bonchev–Trinajstić information content (AvgIpc) is 2.82. The minimum atomic E-state index is 0.760. The van der Waals surface area contributed by atoms with Crippen LogP contribution in [0.4, 0.5) is 5.13 Å². The third kappa shape index (κ3) is 3.93. The quantitative estimate of drug-likeness (QED) is 0.872. The van der Waals surface area contributed by atoms with E-state index in [4.69, 9.17) is 4.98 Å². The maximum Gasteiger partial charge on any atom is 0.185 e. The number of nitrogens with zero attached hydrogens (tertiary/aromatic N) is 3. The highest BCUT2D eigenvalue weighted by atomic mass is 32.1. The number of aryl methyl sites for hydroxylation is 1. The summed E-state index contributed by atoms with van der Waals surface area (Å²) in [5.74, 6) is 0.760. The molecule has 5 heteroatoms. The summed E-state index contributed by atoms with van der Waals surface area (Å²) < 4.78 is 0. The maximum atomic E-state index is 4.84. The molecule has 2 heterocycles. The lowest BCUT2D eigenvalue weighted by Gasteiger charge is -2.35. The lowest BCUT2D eigenvalue weighted by Crippen LogP contribution is -2.47. The van der Waals surface area contributed by atoms with Crippen LogP contribution in [-0.2, 0) is 13.0 Å². The first-order valence-corrected chi connectivity index (χ1v) is 8.56. The molecule has 0 bridgehead atoms. The SMILES string of the molecule is CCc1nc(N2CCN(CC(C)C)CC2)sc1CNC. The van der Waals surface area contributed by atoms with Crippen LogP contribution in [0.25, 0.3) is 0 Å². The molecule has 0 saturated carbocycles. The average molecular weight is 296 g/mol. The molecule has 1 aliphatic rings. The standard InChI is InChI=1S/C15H28N4S/c1-5-13-14(10-16-4)20-15(17-13)19-8-6-18(7-9-19)11-12(2)3/h12,16H,5-11H2,1-4H3. The first kappa shape index (κ1) is 15.7. The van der Waals surface area contributed by atoms with Crippen molar-refractivity contribution in [3.05, 3.63) is 10.6 Å². The van der Waals surface area contributed by atoms with Crippen LogP contribution in [0.15, 0.2) is 0 Å². The Morgan fingerprint density at radius 3 is 2.50 bits per heavy atom. The Morgan fingerprint density at radius 2 is 1.95 bits per heavy atom. The van der Waals surface area contributed by atoms with E-state index < -0.39 is 0 Å². The third-order valence-corrected chi connectivity index (χ3v) is 4.86. The van der Waals surface area contributed by atoms with Crippen molar-refractivity contribution in [3.63, 3.8) is 0 Å². The highest BCUT2D eigenvalue weighted by Gasteiger charge is 2.21. The van der Waals surface area contributed by atoms with Gasteiger partial charge in [0.15, 0.2) is 5.13 Å². The highest BCUT2D eigenvalue weighted by molar-refractivity contribution is 7.15. The molecular formula is C15H28N4S. The number of piperazine rings is 1. The number of rotatable bonds is 6. The summed E-state index contributed by atoms with van der Waals surface area (Å²) in [5.41, 5.74) is 1.27. The molecule has 0 aliphatic carbocycles. The summed E-state index contributed by atoms with van der Waals surface area (Å²) in [6.07, 6.45) is 1.03. The van der Waals surface area contributed by atoms with Gasteiger partial charge in [0.2, 0.25) is 0 Å². The summed E-state index contributed by atoms with van der Waals surface area (Å²) in [6.45, 7) is 13.5. The van der Waals surface area contributed by atoms with Crippen LogP contribution >= 0.6 is 11.3 Å². The van der Waals surface area contributed by atoms with Crippen molar-refractivity contribution in [1.82, 2.24) is 15.2 Å². The van der Waals surface area contributed by atoms with Crippen molar-refractivity contribution in [3.8, 4) is 0 Å². The molecule has 0 spiro atoms. The van der Waals surface area contributed by atoms with Gasteiger partial charge in [-0.3, -0.25) is 4.90 Å². The second-order valence-electron chi connectivity index (χ2n) is 5.93. The van der Waals surface area contributed by atoms with Crippen molar-refractivity contribution < 1.29 is 0 Å². The molecule has 1 aromatic heterocycles. The zero-order chi connectivity index (χ0) is 14.5. The van der Waals surface area contributed by atoms with Crippen molar-refractivity contribution in [2.45, 2.75) is 33.7 Å². The molecule has 1 saturated heterocycles. The first-order valence-electron chi connectivity index (χ1n) is 7.74. The van der Waals surface area contributed by atoms with Gasteiger partial charge in [0.1, 0.15) is 0 Å². The number of anilines is 1.